The summed E-state index contributed by atoms with van der Waals surface area (Å²) in [7, 11) is -0.848. The van der Waals surface area contributed by atoms with Crippen molar-refractivity contribution in [1.82, 2.24) is 0 Å². The monoisotopic (exact) mass is 251 g/mol. The van der Waals surface area contributed by atoms with Crippen molar-refractivity contribution < 1.29 is 4.21 Å². The molecule has 1 aromatic rings. The lowest BCUT2D eigenvalue weighted by molar-refractivity contribution is 0.644. The third-order valence-electron chi connectivity index (χ3n) is 3.32. The number of nitrogens with two attached hydrogens (primary N) is 1. The first kappa shape index (κ1) is 12.8. The second-order valence-corrected chi connectivity index (χ2v) is 6.52. The van der Waals surface area contributed by atoms with E-state index in [4.69, 9.17) is 5.73 Å². The van der Waals surface area contributed by atoms with E-state index in [1.807, 2.05) is 13.0 Å². The van der Waals surface area contributed by atoms with Crippen molar-refractivity contribution in [2.75, 3.05) is 5.75 Å². The predicted molar refractivity (Wildman–Crippen MR) is 72.6 cm³/mol. The molecule has 0 heterocycles. The van der Waals surface area contributed by atoms with Gasteiger partial charge in [0, 0.05) is 16.7 Å². The highest BCUT2D eigenvalue weighted by Crippen LogP contribution is 2.24. The zero-order valence-corrected chi connectivity index (χ0v) is 11.3. The molecule has 0 saturated carbocycles. The zero-order valence-electron chi connectivity index (χ0n) is 10.4. The van der Waals surface area contributed by atoms with Crippen LogP contribution in [0, 0.1) is 0 Å². The molecule has 2 N–H and O–H groups in total. The largest absolute Gasteiger partial charge is 0.328 e. The van der Waals surface area contributed by atoms with Crippen LogP contribution in [0.5, 0.6) is 0 Å². The van der Waals surface area contributed by atoms with E-state index in [9.17, 15) is 4.21 Å². The summed E-state index contributed by atoms with van der Waals surface area (Å²) in [4.78, 5) is 0.996. The summed E-state index contributed by atoms with van der Waals surface area (Å²) in [6.45, 7) is 2.00. The fourth-order valence-electron chi connectivity index (χ4n) is 2.34. The third kappa shape index (κ3) is 3.39. The summed E-state index contributed by atoms with van der Waals surface area (Å²) in [6.07, 6.45) is 5.49. The average molecular weight is 251 g/mol. The van der Waals surface area contributed by atoms with Crippen LogP contribution in [-0.4, -0.2) is 16.0 Å². The summed E-state index contributed by atoms with van der Waals surface area (Å²) in [5.74, 6) is 0.736. The van der Waals surface area contributed by atoms with Gasteiger partial charge in [0.25, 0.3) is 0 Å². The SMILES string of the molecule is CC(N)CCCS(=O)c1ccc2c(c1)CCC2. The van der Waals surface area contributed by atoms with Crippen molar-refractivity contribution in [2.45, 2.75) is 50.0 Å². The quantitative estimate of drug-likeness (QED) is 0.873. The van der Waals surface area contributed by atoms with Gasteiger partial charge in [-0.3, -0.25) is 4.21 Å². The van der Waals surface area contributed by atoms with E-state index in [1.54, 1.807) is 0 Å². The minimum atomic E-state index is -0.848. The molecular weight excluding hydrogens is 230 g/mol. The molecule has 0 radical (unpaired) electrons. The standard InChI is InChI=1S/C14H21NOS/c1-11(15)4-3-9-17(16)14-8-7-12-5-2-6-13(12)10-14/h7-8,10-11H,2-6,9,15H2,1H3. The van der Waals surface area contributed by atoms with Crippen molar-refractivity contribution in [3.8, 4) is 0 Å². The molecule has 0 amide bonds. The highest BCUT2D eigenvalue weighted by atomic mass is 32.2. The molecule has 1 aromatic carbocycles. The average Bonchev–Trinajstić information content (AvgIpc) is 2.75. The third-order valence-corrected chi connectivity index (χ3v) is 4.76. The Morgan fingerprint density at radius 2 is 2.12 bits per heavy atom. The van der Waals surface area contributed by atoms with E-state index in [-0.39, 0.29) is 6.04 Å². The Bertz CT molecular complexity index is 415. The van der Waals surface area contributed by atoms with E-state index in [0.29, 0.717) is 0 Å². The Balaban J connectivity index is 1.95. The number of fused-ring (bicyclic) bond motifs is 1. The Hall–Kier alpha value is -0.670. The summed E-state index contributed by atoms with van der Waals surface area (Å²) in [5, 5.41) is 0. The second-order valence-electron chi connectivity index (χ2n) is 4.95. The molecule has 1 aliphatic carbocycles. The zero-order chi connectivity index (χ0) is 12.3. The number of aryl methyl sites for hydroxylation is 2. The van der Waals surface area contributed by atoms with Crippen molar-refractivity contribution in [3.63, 3.8) is 0 Å². The minimum Gasteiger partial charge on any atom is -0.328 e. The normalized spacial score (nSPS) is 17.8. The summed E-state index contributed by atoms with van der Waals surface area (Å²) in [6, 6.07) is 6.55. The van der Waals surface area contributed by atoms with Crippen LogP contribution in [0.4, 0.5) is 0 Å². The smallest absolute Gasteiger partial charge is 0.0529 e. The number of hydrogen-bond acceptors (Lipinski definition) is 2. The number of hydrogen-bond donors (Lipinski definition) is 1. The highest BCUT2D eigenvalue weighted by Gasteiger charge is 2.13. The van der Waals surface area contributed by atoms with Crippen LogP contribution in [0.1, 0.15) is 37.3 Å². The lowest BCUT2D eigenvalue weighted by Gasteiger charge is -2.06. The molecule has 0 bridgehead atoms. The minimum absolute atomic E-state index is 0.215. The lowest BCUT2D eigenvalue weighted by Crippen LogP contribution is -2.15. The van der Waals surface area contributed by atoms with E-state index in [0.717, 1.165) is 29.9 Å². The van der Waals surface area contributed by atoms with Gasteiger partial charge in [-0.05, 0) is 62.3 Å². The maximum atomic E-state index is 12.1. The first-order chi connectivity index (χ1) is 8.16. The van der Waals surface area contributed by atoms with Gasteiger partial charge in [-0.2, -0.15) is 0 Å². The maximum Gasteiger partial charge on any atom is 0.0529 e. The molecular formula is C14H21NOS. The van der Waals surface area contributed by atoms with Crippen LogP contribution in [-0.2, 0) is 23.6 Å². The van der Waals surface area contributed by atoms with E-state index in [1.165, 1.54) is 24.0 Å². The molecule has 3 heteroatoms. The van der Waals surface area contributed by atoms with Gasteiger partial charge in [-0.15, -0.1) is 0 Å². The molecule has 0 saturated heterocycles. The predicted octanol–water partition coefficient (Wildman–Crippen LogP) is 2.41. The Morgan fingerprint density at radius 1 is 1.35 bits per heavy atom. The fourth-order valence-corrected chi connectivity index (χ4v) is 3.50. The fraction of sp³-hybridized carbons (Fsp3) is 0.571. The highest BCUT2D eigenvalue weighted by molar-refractivity contribution is 7.85. The molecule has 0 aromatic heterocycles. The van der Waals surface area contributed by atoms with Gasteiger partial charge in [-0.25, -0.2) is 0 Å². The van der Waals surface area contributed by atoms with Crippen LogP contribution in [0.25, 0.3) is 0 Å². The van der Waals surface area contributed by atoms with Crippen LogP contribution < -0.4 is 5.73 Å². The van der Waals surface area contributed by atoms with Gasteiger partial charge >= 0.3 is 0 Å². The Kier molecular flexibility index (Phi) is 4.35. The van der Waals surface area contributed by atoms with Crippen molar-refractivity contribution in [2.24, 2.45) is 5.73 Å². The van der Waals surface area contributed by atoms with Crippen molar-refractivity contribution >= 4 is 10.8 Å². The summed E-state index contributed by atoms with van der Waals surface area (Å²) < 4.78 is 12.1. The van der Waals surface area contributed by atoms with Gasteiger partial charge in [0.15, 0.2) is 0 Å². The molecule has 2 atom stereocenters. The lowest BCUT2D eigenvalue weighted by atomic mass is 10.1. The van der Waals surface area contributed by atoms with Gasteiger partial charge < -0.3 is 5.73 Å². The number of rotatable bonds is 5. The van der Waals surface area contributed by atoms with E-state index >= 15 is 0 Å². The molecule has 94 valence electrons. The molecule has 2 nitrogen and oxygen atoms in total. The van der Waals surface area contributed by atoms with Gasteiger partial charge in [-0.1, -0.05) is 6.07 Å². The van der Waals surface area contributed by atoms with Crippen LogP contribution in [0.3, 0.4) is 0 Å². The van der Waals surface area contributed by atoms with E-state index < -0.39 is 10.8 Å². The van der Waals surface area contributed by atoms with Crippen LogP contribution in [0.2, 0.25) is 0 Å². The number of benzene rings is 1. The first-order valence-corrected chi connectivity index (χ1v) is 7.74. The summed E-state index contributed by atoms with van der Waals surface area (Å²) >= 11 is 0. The van der Waals surface area contributed by atoms with Crippen LogP contribution in [0.15, 0.2) is 23.1 Å². The first-order valence-electron chi connectivity index (χ1n) is 6.42. The molecule has 0 spiro atoms. The molecule has 2 unspecified atom stereocenters. The Labute approximate surface area is 106 Å². The van der Waals surface area contributed by atoms with Crippen molar-refractivity contribution in [1.29, 1.82) is 0 Å². The maximum absolute atomic E-state index is 12.1. The molecule has 0 aliphatic heterocycles. The Morgan fingerprint density at radius 3 is 2.88 bits per heavy atom. The van der Waals surface area contributed by atoms with E-state index in [2.05, 4.69) is 12.1 Å². The molecule has 2 rings (SSSR count). The van der Waals surface area contributed by atoms with Gasteiger partial charge in [0.1, 0.15) is 0 Å². The summed E-state index contributed by atoms with van der Waals surface area (Å²) in [5.41, 5.74) is 8.54. The topological polar surface area (TPSA) is 43.1 Å². The van der Waals surface area contributed by atoms with Crippen molar-refractivity contribution in [3.05, 3.63) is 29.3 Å². The second kappa shape index (κ2) is 5.78. The molecule has 17 heavy (non-hydrogen) atoms. The van der Waals surface area contributed by atoms with Gasteiger partial charge in [0.05, 0.1) is 10.8 Å². The molecule has 0 fully saturated rings. The van der Waals surface area contributed by atoms with Gasteiger partial charge in [0.2, 0.25) is 0 Å². The molecule has 1 aliphatic rings. The van der Waals surface area contributed by atoms with Crippen LogP contribution >= 0.6 is 0 Å².